The van der Waals surface area contributed by atoms with E-state index in [0.717, 1.165) is 22.6 Å². The Kier molecular flexibility index (Phi) is 3.72. The van der Waals surface area contributed by atoms with Gasteiger partial charge in [-0.3, -0.25) is 4.99 Å². The minimum absolute atomic E-state index is 0. The molecule has 2 aromatic rings. The molecule has 0 spiro atoms. The van der Waals surface area contributed by atoms with Crippen LogP contribution in [-0.4, -0.2) is 12.4 Å². The fourth-order valence-corrected chi connectivity index (χ4v) is 1.81. The minimum atomic E-state index is 0. The van der Waals surface area contributed by atoms with Crippen molar-refractivity contribution in [2.45, 2.75) is 0 Å². The smallest absolute Gasteiger partial charge is 0.170 e. The quantitative estimate of drug-likeness (QED) is 0.675. The SMILES string of the molecule is [Ir].[c-]1ccccc1C1=NCOc2ccccc21. The molecule has 0 atom stereocenters. The van der Waals surface area contributed by atoms with Crippen molar-refractivity contribution < 1.29 is 24.8 Å². The summed E-state index contributed by atoms with van der Waals surface area (Å²) < 4.78 is 5.47. The predicted molar refractivity (Wildman–Crippen MR) is 62.9 cm³/mol. The van der Waals surface area contributed by atoms with Gasteiger partial charge in [-0.15, -0.1) is 35.9 Å². The van der Waals surface area contributed by atoms with E-state index in [1.807, 2.05) is 48.5 Å². The monoisotopic (exact) mass is 401 g/mol. The molecular formula is C14H10IrNO-. The van der Waals surface area contributed by atoms with E-state index in [4.69, 9.17) is 4.74 Å². The number of ether oxygens (including phenoxy) is 1. The first-order chi connectivity index (χ1) is 7.95. The molecule has 1 aliphatic rings. The average molecular weight is 400 g/mol. The summed E-state index contributed by atoms with van der Waals surface area (Å²) in [6.45, 7) is 0.384. The van der Waals surface area contributed by atoms with Crippen LogP contribution in [0.2, 0.25) is 0 Å². The van der Waals surface area contributed by atoms with E-state index in [9.17, 15) is 0 Å². The van der Waals surface area contributed by atoms with Crippen molar-refractivity contribution in [3.63, 3.8) is 0 Å². The van der Waals surface area contributed by atoms with Crippen LogP contribution in [0.25, 0.3) is 0 Å². The molecule has 1 aliphatic heterocycles. The first-order valence-corrected chi connectivity index (χ1v) is 5.19. The first-order valence-electron chi connectivity index (χ1n) is 5.19. The molecule has 0 N–H and O–H groups in total. The normalized spacial score (nSPS) is 12.8. The second-order valence-corrected chi connectivity index (χ2v) is 3.55. The summed E-state index contributed by atoms with van der Waals surface area (Å²) in [4.78, 5) is 4.40. The second kappa shape index (κ2) is 5.26. The van der Waals surface area contributed by atoms with Crippen molar-refractivity contribution in [3.8, 4) is 5.75 Å². The summed E-state index contributed by atoms with van der Waals surface area (Å²) in [6.07, 6.45) is 0. The van der Waals surface area contributed by atoms with Crippen LogP contribution in [0.1, 0.15) is 11.1 Å². The zero-order valence-electron chi connectivity index (χ0n) is 9.01. The molecule has 1 radical (unpaired) electrons. The zero-order chi connectivity index (χ0) is 10.8. The van der Waals surface area contributed by atoms with Gasteiger partial charge in [-0.25, -0.2) is 0 Å². The van der Waals surface area contributed by atoms with E-state index in [-0.39, 0.29) is 20.1 Å². The van der Waals surface area contributed by atoms with Gasteiger partial charge in [0.25, 0.3) is 0 Å². The first kappa shape index (κ1) is 12.0. The fourth-order valence-electron chi connectivity index (χ4n) is 1.81. The number of aliphatic imine (C=N–C) groups is 1. The maximum atomic E-state index is 5.47. The summed E-state index contributed by atoms with van der Waals surface area (Å²) in [5.41, 5.74) is 3.01. The number of benzene rings is 2. The van der Waals surface area contributed by atoms with Crippen molar-refractivity contribution in [2.75, 3.05) is 6.73 Å². The van der Waals surface area contributed by atoms with Gasteiger partial charge in [0.1, 0.15) is 5.75 Å². The number of fused-ring (bicyclic) bond motifs is 1. The molecule has 0 saturated carbocycles. The van der Waals surface area contributed by atoms with Crippen LogP contribution in [0.3, 0.4) is 0 Å². The van der Waals surface area contributed by atoms with Crippen LogP contribution < -0.4 is 4.74 Å². The third-order valence-corrected chi connectivity index (χ3v) is 2.55. The van der Waals surface area contributed by atoms with Crippen LogP contribution in [-0.2, 0) is 20.1 Å². The van der Waals surface area contributed by atoms with Crippen molar-refractivity contribution in [3.05, 3.63) is 65.7 Å². The summed E-state index contributed by atoms with van der Waals surface area (Å²) in [5, 5.41) is 0. The van der Waals surface area contributed by atoms with Gasteiger partial charge in [0, 0.05) is 25.7 Å². The van der Waals surface area contributed by atoms with Crippen molar-refractivity contribution >= 4 is 5.71 Å². The number of hydrogen-bond donors (Lipinski definition) is 0. The molecule has 3 rings (SSSR count). The maximum Gasteiger partial charge on any atom is 0.170 e. The Hall–Kier alpha value is -1.44. The fraction of sp³-hybridized carbons (Fsp3) is 0.0714. The van der Waals surface area contributed by atoms with E-state index in [1.54, 1.807) is 0 Å². The van der Waals surface area contributed by atoms with E-state index in [2.05, 4.69) is 11.1 Å². The van der Waals surface area contributed by atoms with Crippen molar-refractivity contribution in [1.82, 2.24) is 0 Å². The minimum Gasteiger partial charge on any atom is -0.472 e. The molecule has 17 heavy (non-hydrogen) atoms. The molecule has 2 nitrogen and oxygen atoms in total. The Morgan fingerprint density at radius 1 is 1.06 bits per heavy atom. The van der Waals surface area contributed by atoms with Crippen molar-refractivity contribution in [2.24, 2.45) is 4.99 Å². The molecule has 1 heterocycles. The molecule has 0 bridgehead atoms. The van der Waals surface area contributed by atoms with Crippen LogP contribution in [0.15, 0.2) is 53.5 Å². The van der Waals surface area contributed by atoms with Gasteiger partial charge in [0.2, 0.25) is 0 Å². The van der Waals surface area contributed by atoms with Gasteiger partial charge < -0.3 is 4.74 Å². The van der Waals surface area contributed by atoms with Gasteiger partial charge >= 0.3 is 0 Å². The second-order valence-electron chi connectivity index (χ2n) is 3.55. The summed E-state index contributed by atoms with van der Waals surface area (Å²) in [7, 11) is 0. The molecule has 0 aliphatic carbocycles. The molecule has 0 unspecified atom stereocenters. The van der Waals surface area contributed by atoms with E-state index < -0.39 is 0 Å². The van der Waals surface area contributed by atoms with Gasteiger partial charge in [-0.05, 0) is 11.8 Å². The van der Waals surface area contributed by atoms with Crippen LogP contribution in [0, 0.1) is 6.07 Å². The molecule has 0 fully saturated rings. The summed E-state index contributed by atoms with van der Waals surface area (Å²) in [5.74, 6) is 0.893. The Morgan fingerprint density at radius 3 is 2.71 bits per heavy atom. The topological polar surface area (TPSA) is 21.6 Å². The maximum absolute atomic E-state index is 5.47. The standard InChI is InChI=1S/C14H10NO.Ir/c1-2-6-11(7-3-1)14-12-8-4-5-9-13(12)16-10-15-14;/h1-6,8-9H,10H2;/q-1;. The van der Waals surface area contributed by atoms with E-state index in [0.29, 0.717) is 6.73 Å². The number of hydrogen-bond acceptors (Lipinski definition) is 2. The molecule has 3 heteroatoms. The van der Waals surface area contributed by atoms with Crippen LogP contribution >= 0.6 is 0 Å². The van der Waals surface area contributed by atoms with E-state index >= 15 is 0 Å². The Labute approximate surface area is 114 Å². The predicted octanol–water partition coefficient (Wildman–Crippen LogP) is 2.67. The Morgan fingerprint density at radius 2 is 1.88 bits per heavy atom. The van der Waals surface area contributed by atoms with Gasteiger partial charge in [-0.2, -0.15) is 0 Å². The van der Waals surface area contributed by atoms with E-state index in [1.165, 1.54) is 0 Å². The molecule has 2 aromatic carbocycles. The number of rotatable bonds is 1. The zero-order valence-corrected chi connectivity index (χ0v) is 11.4. The van der Waals surface area contributed by atoms with Crippen molar-refractivity contribution in [1.29, 1.82) is 0 Å². The molecular weight excluding hydrogens is 390 g/mol. The Balaban J connectivity index is 0.00000108. The van der Waals surface area contributed by atoms with Crippen LogP contribution in [0.5, 0.6) is 5.75 Å². The largest absolute Gasteiger partial charge is 0.472 e. The molecule has 0 aromatic heterocycles. The summed E-state index contributed by atoms with van der Waals surface area (Å²) in [6, 6.07) is 19.0. The third kappa shape index (κ3) is 2.31. The van der Waals surface area contributed by atoms with Crippen LogP contribution in [0.4, 0.5) is 0 Å². The number of para-hydroxylation sites is 1. The van der Waals surface area contributed by atoms with Gasteiger partial charge in [0.15, 0.2) is 6.73 Å². The molecule has 0 amide bonds. The average Bonchev–Trinajstić information content (AvgIpc) is 2.39. The molecule has 0 saturated heterocycles. The third-order valence-electron chi connectivity index (χ3n) is 2.55. The number of nitrogens with zero attached hydrogens (tertiary/aromatic N) is 1. The van der Waals surface area contributed by atoms with Gasteiger partial charge in [-0.1, -0.05) is 18.2 Å². The summed E-state index contributed by atoms with van der Waals surface area (Å²) >= 11 is 0. The van der Waals surface area contributed by atoms with Gasteiger partial charge in [0.05, 0.1) is 0 Å². The molecule has 87 valence electrons. The Bertz CT molecular complexity index is 537.